The fraction of sp³-hybridized carbons (Fsp3) is 0.295. The van der Waals surface area contributed by atoms with Crippen LogP contribution in [0.3, 0.4) is 0 Å². The minimum Gasteiger partial charge on any atom is -0.371 e. The van der Waals surface area contributed by atoms with Crippen molar-refractivity contribution in [2.24, 2.45) is 0 Å². The Hall–Kier alpha value is -6.11. The lowest BCUT2D eigenvalue weighted by Crippen LogP contribution is -2.47. The summed E-state index contributed by atoms with van der Waals surface area (Å²) in [6.45, 7) is 7.69. The van der Waals surface area contributed by atoms with Gasteiger partial charge in [0.2, 0.25) is 0 Å². The topological polar surface area (TPSA) is 93.7 Å². The molecule has 0 saturated carbocycles. The molecule has 7 aromatic carbocycles. The zero-order chi connectivity index (χ0) is 48.7. The summed E-state index contributed by atoms with van der Waals surface area (Å²) in [4.78, 5) is 17.8. The molecule has 7 rings (SSSR count). The Morgan fingerprint density at radius 1 is 0.343 bits per heavy atom. The molecule has 70 heavy (non-hydrogen) atoms. The van der Waals surface area contributed by atoms with Gasteiger partial charge in [-0.05, 0) is 51.8 Å². The molecule has 0 radical (unpaired) electrons. The van der Waals surface area contributed by atoms with Gasteiger partial charge in [0, 0.05) is 0 Å². The number of nitrogens with one attached hydrogen (secondary N) is 1. The van der Waals surface area contributed by atoms with Gasteiger partial charge in [-0.25, -0.2) is 0 Å². The van der Waals surface area contributed by atoms with E-state index in [4.69, 9.17) is 33.3 Å². The third kappa shape index (κ3) is 19.4. The lowest BCUT2D eigenvalue weighted by molar-refractivity contribution is -0.159. The zero-order valence-corrected chi connectivity index (χ0v) is 40.6. The van der Waals surface area contributed by atoms with E-state index in [0.717, 1.165) is 51.7 Å². The Kier molecular flexibility index (Phi) is 24.3. The van der Waals surface area contributed by atoms with Crippen LogP contribution in [0.25, 0.3) is 0 Å². The standard InChI is InChI=1S/C34H39NO4.C27H30O4/c1-2-32(36-24-28-15-7-3-8-16-28)34(38-26-30-19-11-5-12-20-30)33(37-25-29-17-9-4-10-18-29)23-35-39-27-31-21-13-6-14-22-31;1-2-25(29-19-22-12-6-3-7-13-22)27(31-21-24-16-10-5-11-17-24)26(18-28)30-20-23-14-8-4-9-15-23/h3-22,32-35H,2,23-27H2,1H3;3-18,25-27H,2,19-21H2,1H3/t32-,33-,34+;25-,26-,27+/m11/s1. The van der Waals surface area contributed by atoms with Gasteiger partial charge in [-0.1, -0.05) is 226 Å². The number of benzene rings is 7. The molecular formula is C61H69NO8. The molecule has 0 fully saturated rings. The van der Waals surface area contributed by atoms with E-state index in [9.17, 15) is 4.79 Å². The molecule has 0 heterocycles. The van der Waals surface area contributed by atoms with Crippen LogP contribution in [-0.2, 0) is 84.3 Å². The van der Waals surface area contributed by atoms with Gasteiger partial charge in [0.15, 0.2) is 6.29 Å². The van der Waals surface area contributed by atoms with Crippen molar-refractivity contribution in [3.8, 4) is 0 Å². The van der Waals surface area contributed by atoms with Crippen molar-refractivity contribution in [1.29, 1.82) is 0 Å². The van der Waals surface area contributed by atoms with Crippen molar-refractivity contribution in [2.75, 3.05) is 6.54 Å². The van der Waals surface area contributed by atoms with Gasteiger partial charge >= 0.3 is 0 Å². The van der Waals surface area contributed by atoms with Crippen molar-refractivity contribution in [3.05, 3.63) is 251 Å². The second kappa shape index (κ2) is 31.9. The van der Waals surface area contributed by atoms with Crippen molar-refractivity contribution in [2.45, 2.75) is 110 Å². The second-order valence-corrected chi connectivity index (χ2v) is 16.9. The average molecular weight is 944 g/mol. The number of hydroxylamine groups is 1. The molecular weight excluding hydrogens is 875 g/mol. The molecule has 1 N–H and O–H groups in total. The van der Waals surface area contributed by atoms with E-state index in [0.29, 0.717) is 59.2 Å². The largest absolute Gasteiger partial charge is 0.371 e. The molecule has 0 aliphatic carbocycles. The van der Waals surface area contributed by atoms with Gasteiger partial charge < -0.3 is 33.2 Å². The van der Waals surface area contributed by atoms with Crippen LogP contribution in [0.2, 0.25) is 0 Å². The zero-order valence-electron chi connectivity index (χ0n) is 40.6. The van der Waals surface area contributed by atoms with Crippen molar-refractivity contribution < 1.29 is 38.1 Å². The first kappa shape index (κ1) is 53.2. The van der Waals surface area contributed by atoms with Crippen LogP contribution in [0.15, 0.2) is 212 Å². The number of carbonyl (C=O) groups excluding carboxylic acids is 1. The molecule has 0 unspecified atom stereocenters. The van der Waals surface area contributed by atoms with E-state index in [1.165, 1.54) is 0 Å². The Morgan fingerprint density at radius 2 is 0.614 bits per heavy atom. The Morgan fingerprint density at radius 3 is 0.943 bits per heavy atom. The summed E-state index contributed by atoms with van der Waals surface area (Å²) < 4.78 is 38.0. The number of hydrogen-bond donors (Lipinski definition) is 1. The third-order valence-corrected chi connectivity index (χ3v) is 11.6. The first-order valence-electron chi connectivity index (χ1n) is 24.4. The minimum absolute atomic E-state index is 0.175. The monoisotopic (exact) mass is 944 g/mol. The first-order valence-corrected chi connectivity index (χ1v) is 24.4. The van der Waals surface area contributed by atoms with Crippen LogP contribution in [0.5, 0.6) is 0 Å². The van der Waals surface area contributed by atoms with Crippen LogP contribution >= 0.6 is 0 Å². The van der Waals surface area contributed by atoms with Gasteiger partial charge in [0.25, 0.3) is 0 Å². The van der Waals surface area contributed by atoms with Gasteiger partial charge in [-0.2, -0.15) is 5.48 Å². The van der Waals surface area contributed by atoms with Gasteiger partial charge in [0.1, 0.15) is 24.4 Å². The molecule has 7 aromatic rings. The number of aldehydes is 1. The Balaban J connectivity index is 0.000000236. The molecule has 0 bridgehead atoms. The van der Waals surface area contributed by atoms with Crippen LogP contribution in [0, 0.1) is 0 Å². The SMILES string of the molecule is CC[C@@H](OCc1ccccc1)[C@H](OCc1ccccc1)[C@@H](C=O)OCc1ccccc1.CC[C@@H](OCc1ccccc1)[C@H](OCc1ccccc1)[C@@H](CNOCc1ccccc1)OCc1ccccc1. The Bertz CT molecular complexity index is 2360. The molecule has 6 atom stereocenters. The highest BCUT2D eigenvalue weighted by Crippen LogP contribution is 2.22. The minimum atomic E-state index is -0.732. The Labute approximate surface area is 415 Å². The fourth-order valence-electron chi connectivity index (χ4n) is 7.72. The van der Waals surface area contributed by atoms with E-state index >= 15 is 0 Å². The predicted molar refractivity (Wildman–Crippen MR) is 276 cm³/mol. The van der Waals surface area contributed by atoms with E-state index in [-0.39, 0.29) is 24.4 Å². The molecule has 0 amide bonds. The van der Waals surface area contributed by atoms with E-state index in [1.54, 1.807) is 0 Å². The lowest BCUT2D eigenvalue weighted by Gasteiger charge is -2.33. The van der Waals surface area contributed by atoms with Crippen molar-refractivity contribution in [3.63, 3.8) is 0 Å². The quantitative estimate of drug-likeness (QED) is 0.0269. The normalized spacial score (nSPS) is 13.7. The fourth-order valence-corrected chi connectivity index (χ4v) is 7.72. The molecule has 0 aliphatic heterocycles. The highest BCUT2D eigenvalue weighted by Gasteiger charge is 2.33. The van der Waals surface area contributed by atoms with Crippen LogP contribution in [-0.4, -0.2) is 49.5 Å². The van der Waals surface area contributed by atoms with E-state index in [1.807, 2.05) is 183 Å². The summed E-state index contributed by atoms with van der Waals surface area (Å²) in [5.74, 6) is 0. The van der Waals surface area contributed by atoms with Crippen LogP contribution in [0.4, 0.5) is 0 Å². The number of ether oxygens (including phenoxy) is 6. The van der Waals surface area contributed by atoms with E-state index < -0.39 is 12.2 Å². The second-order valence-electron chi connectivity index (χ2n) is 16.9. The van der Waals surface area contributed by atoms with Gasteiger partial charge in [0.05, 0.1) is 65.0 Å². The summed E-state index contributed by atoms with van der Waals surface area (Å²) in [6.07, 6.45) is -0.0398. The molecule has 0 saturated heterocycles. The number of carbonyl (C=O) groups is 1. The average Bonchev–Trinajstić information content (AvgIpc) is 3.43. The smallest absolute Gasteiger partial charge is 0.151 e. The molecule has 9 heteroatoms. The van der Waals surface area contributed by atoms with Crippen molar-refractivity contribution in [1.82, 2.24) is 5.48 Å². The highest BCUT2D eigenvalue weighted by molar-refractivity contribution is 5.57. The summed E-state index contributed by atoms with van der Waals surface area (Å²) in [7, 11) is 0. The first-order chi connectivity index (χ1) is 34.6. The molecule has 0 spiro atoms. The summed E-state index contributed by atoms with van der Waals surface area (Å²) in [6, 6.07) is 70.5. The summed E-state index contributed by atoms with van der Waals surface area (Å²) in [5.41, 5.74) is 10.7. The molecule has 0 aromatic heterocycles. The predicted octanol–water partition coefficient (Wildman–Crippen LogP) is 12.2. The van der Waals surface area contributed by atoms with Gasteiger partial charge in [-0.15, -0.1) is 0 Å². The van der Waals surface area contributed by atoms with Gasteiger partial charge in [-0.3, -0.25) is 4.84 Å². The molecule has 0 aliphatic rings. The maximum Gasteiger partial charge on any atom is 0.151 e. The third-order valence-electron chi connectivity index (χ3n) is 11.6. The number of rotatable bonds is 30. The highest BCUT2D eigenvalue weighted by atomic mass is 16.6. The van der Waals surface area contributed by atoms with Crippen molar-refractivity contribution >= 4 is 6.29 Å². The summed E-state index contributed by atoms with van der Waals surface area (Å²) >= 11 is 0. The molecule has 9 nitrogen and oxygen atoms in total. The molecule has 366 valence electrons. The number of hydrogen-bond acceptors (Lipinski definition) is 9. The van der Waals surface area contributed by atoms with Crippen LogP contribution in [0.1, 0.15) is 65.6 Å². The maximum atomic E-state index is 12.0. The summed E-state index contributed by atoms with van der Waals surface area (Å²) in [5, 5.41) is 0. The van der Waals surface area contributed by atoms with Crippen LogP contribution < -0.4 is 5.48 Å². The van der Waals surface area contributed by atoms with E-state index in [2.05, 4.69) is 48.8 Å². The maximum absolute atomic E-state index is 12.0. The lowest BCUT2D eigenvalue weighted by atomic mass is 10.0.